The number of methoxy groups -OCH3 is 1. The number of carbonyl (C=O) groups excluding carboxylic acids is 3. The van der Waals surface area contributed by atoms with Crippen LogP contribution in [0.4, 0.5) is 21.6 Å². The fraction of sp³-hybridized carbons (Fsp3) is 0.320. The van der Waals surface area contributed by atoms with Crippen LogP contribution in [-0.2, 0) is 11.8 Å². The Kier molecular flexibility index (Phi) is 7.80. The lowest BCUT2D eigenvalue weighted by Crippen LogP contribution is -2.49. The van der Waals surface area contributed by atoms with Gasteiger partial charge in [-0.05, 0) is 25.0 Å². The van der Waals surface area contributed by atoms with Crippen LogP contribution in [0.2, 0.25) is 0 Å². The highest BCUT2D eigenvalue weighted by Gasteiger charge is 2.30. The van der Waals surface area contributed by atoms with Crippen molar-refractivity contribution in [1.82, 2.24) is 25.0 Å². The molecule has 1 aliphatic rings. The van der Waals surface area contributed by atoms with Crippen LogP contribution in [-0.4, -0.2) is 82.5 Å². The quantitative estimate of drug-likeness (QED) is 0.192. The van der Waals surface area contributed by atoms with Crippen molar-refractivity contribution in [2.45, 2.75) is 18.7 Å². The minimum Gasteiger partial charge on any atom is -0.494 e. The Bertz CT molecular complexity index is 1480. The van der Waals surface area contributed by atoms with Crippen molar-refractivity contribution in [2.24, 2.45) is 13.0 Å². The summed E-state index contributed by atoms with van der Waals surface area (Å²) in [6.45, 7) is 0. The number of halogens is 1. The van der Waals surface area contributed by atoms with E-state index in [1.807, 2.05) is 0 Å². The van der Waals surface area contributed by atoms with Gasteiger partial charge >= 0.3 is 0 Å². The molecule has 5 N–H and O–H groups in total. The number of pyridine rings is 1. The van der Waals surface area contributed by atoms with Gasteiger partial charge in [-0.2, -0.15) is 5.10 Å². The number of benzene rings is 1. The van der Waals surface area contributed by atoms with Crippen LogP contribution in [0.5, 0.6) is 5.75 Å². The zero-order valence-corrected chi connectivity index (χ0v) is 22.1. The Hall–Kier alpha value is -4.50. The average Bonchev–Trinajstić information content (AvgIpc) is 3.64. The molecule has 0 bridgehead atoms. The van der Waals surface area contributed by atoms with E-state index in [-0.39, 0.29) is 63.2 Å². The second-order valence-electron chi connectivity index (χ2n) is 9.46. The van der Waals surface area contributed by atoms with Crippen LogP contribution < -0.4 is 20.7 Å². The third-order valence-electron chi connectivity index (χ3n) is 5.95. The lowest BCUT2D eigenvalue weighted by molar-refractivity contribution is -0.117. The van der Waals surface area contributed by atoms with E-state index in [1.54, 1.807) is 26.5 Å². The van der Waals surface area contributed by atoms with Gasteiger partial charge < -0.3 is 35.8 Å². The van der Waals surface area contributed by atoms with Crippen molar-refractivity contribution < 1.29 is 33.7 Å². The van der Waals surface area contributed by atoms with Crippen molar-refractivity contribution in [3.63, 3.8) is 0 Å². The molecule has 2 heterocycles. The predicted octanol–water partition coefficient (Wildman–Crippen LogP) is 0.918. The van der Waals surface area contributed by atoms with Gasteiger partial charge in [0.2, 0.25) is 5.91 Å². The standard InChI is InChI=1S/C25H27BFN7O6/c1-33(2)24(37)19-9-17(32-34(19)3)14-7-13(27)8-18(21(14)40-4)29-16-10-20(30-22(35)12-5-6-12)28-11-15(16)23(36)31-25(26,38)39/h7-12,38-39H,5-6H2,1-4H3,(H,31,36)(H2,28,29,30,35). The normalized spacial score (nSPS) is 13.0. The fourth-order valence-electron chi connectivity index (χ4n) is 3.89. The first-order valence-corrected chi connectivity index (χ1v) is 12.0. The van der Waals surface area contributed by atoms with E-state index in [4.69, 9.17) is 12.6 Å². The highest BCUT2D eigenvalue weighted by Crippen LogP contribution is 2.39. The summed E-state index contributed by atoms with van der Waals surface area (Å²) in [5, 5.41) is 30.6. The Morgan fingerprint density at radius 2 is 1.88 bits per heavy atom. The molecule has 1 fully saturated rings. The first kappa shape index (κ1) is 28.5. The van der Waals surface area contributed by atoms with Crippen molar-refractivity contribution in [2.75, 3.05) is 31.8 Å². The van der Waals surface area contributed by atoms with Gasteiger partial charge in [0.25, 0.3) is 11.8 Å². The number of anilines is 3. The third-order valence-corrected chi connectivity index (χ3v) is 5.95. The highest BCUT2D eigenvalue weighted by molar-refractivity contribution is 6.15. The Morgan fingerprint density at radius 1 is 1.18 bits per heavy atom. The SMILES string of the molecule is [B]C(O)(O)NC(=O)c1cnc(NC(=O)C2CC2)cc1Nc1cc(F)cc(-c2cc(C(=O)N(C)C)n(C)n2)c1OC. The van der Waals surface area contributed by atoms with E-state index in [1.165, 1.54) is 34.9 Å². The van der Waals surface area contributed by atoms with Gasteiger partial charge in [-0.25, -0.2) is 9.37 Å². The molecule has 2 radical (unpaired) electrons. The second-order valence-corrected chi connectivity index (χ2v) is 9.46. The minimum atomic E-state index is -3.03. The number of ether oxygens (including phenoxy) is 1. The van der Waals surface area contributed by atoms with E-state index in [0.29, 0.717) is 0 Å². The number of hydrogen-bond acceptors (Lipinski definition) is 9. The molecule has 13 nitrogen and oxygen atoms in total. The molecule has 0 spiro atoms. The average molecular weight is 551 g/mol. The number of nitrogens with one attached hydrogen (secondary N) is 3. The monoisotopic (exact) mass is 551 g/mol. The van der Waals surface area contributed by atoms with Crippen molar-refractivity contribution in [3.05, 3.63) is 47.5 Å². The summed E-state index contributed by atoms with van der Waals surface area (Å²) in [4.78, 5) is 43.0. The second kappa shape index (κ2) is 10.9. The number of aromatic nitrogens is 3. The van der Waals surface area contributed by atoms with Gasteiger partial charge in [-0.3, -0.25) is 19.1 Å². The van der Waals surface area contributed by atoms with Crippen LogP contribution >= 0.6 is 0 Å². The summed E-state index contributed by atoms with van der Waals surface area (Å²) < 4.78 is 21.8. The summed E-state index contributed by atoms with van der Waals surface area (Å²) in [6.07, 6.45) is 2.58. The van der Waals surface area contributed by atoms with Gasteiger partial charge in [0, 0.05) is 51.0 Å². The topological polar surface area (TPSA) is 171 Å². The number of carbonyl (C=O) groups is 3. The van der Waals surface area contributed by atoms with E-state index in [9.17, 15) is 29.0 Å². The maximum absolute atomic E-state index is 14.9. The van der Waals surface area contributed by atoms with Gasteiger partial charge in [0.15, 0.2) is 19.4 Å². The molecule has 3 aromatic rings. The lowest BCUT2D eigenvalue weighted by atomic mass is 10.0. The largest absolute Gasteiger partial charge is 0.494 e. The van der Waals surface area contributed by atoms with E-state index in [0.717, 1.165) is 25.1 Å². The summed E-state index contributed by atoms with van der Waals surface area (Å²) in [5.41, 5.74) is 0.533. The lowest BCUT2D eigenvalue weighted by Gasteiger charge is -2.21. The molecule has 0 aliphatic heterocycles. The molecule has 4 rings (SSSR count). The van der Waals surface area contributed by atoms with Crippen LogP contribution in [0.1, 0.15) is 33.7 Å². The zero-order chi connectivity index (χ0) is 29.4. The summed E-state index contributed by atoms with van der Waals surface area (Å²) >= 11 is 0. The Labute approximate surface area is 229 Å². The molecule has 208 valence electrons. The van der Waals surface area contributed by atoms with Crippen LogP contribution in [0.25, 0.3) is 11.3 Å². The molecule has 15 heteroatoms. The summed E-state index contributed by atoms with van der Waals surface area (Å²) in [6, 6.07) is 5.09. The van der Waals surface area contributed by atoms with Crippen LogP contribution in [0.3, 0.4) is 0 Å². The molecule has 0 saturated heterocycles. The zero-order valence-electron chi connectivity index (χ0n) is 22.1. The maximum Gasteiger partial charge on any atom is 0.271 e. The number of aliphatic hydroxyl groups is 2. The minimum absolute atomic E-state index is 0.00203. The Balaban J connectivity index is 1.78. The molecule has 40 heavy (non-hydrogen) atoms. The van der Waals surface area contributed by atoms with Crippen molar-refractivity contribution in [3.8, 4) is 17.0 Å². The molecule has 1 aliphatic carbocycles. The fourth-order valence-corrected chi connectivity index (χ4v) is 3.89. The van der Waals surface area contributed by atoms with Gasteiger partial charge in [0.05, 0.1) is 29.7 Å². The van der Waals surface area contributed by atoms with Gasteiger partial charge in [0.1, 0.15) is 17.3 Å². The van der Waals surface area contributed by atoms with Gasteiger partial charge in [-0.1, -0.05) is 0 Å². The molecule has 0 unspecified atom stereocenters. The van der Waals surface area contributed by atoms with E-state index in [2.05, 4.69) is 20.7 Å². The first-order chi connectivity index (χ1) is 18.8. The number of aryl methyl sites for hydroxylation is 1. The molecular weight excluding hydrogens is 524 g/mol. The predicted molar refractivity (Wildman–Crippen MR) is 142 cm³/mol. The van der Waals surface area contributed by atoms with E-state index < -0.39 is 17.5 Å². The van der Waals surface area contributed by atoms with Gasteiger partial charge in [-0.15, -0.1) is 0 Å². The van der Waals surface area contributed by atoms with Crippen molar-refractivity contribution in [1.29, 1.82) is 0 Å². The summed E-state index contributed by atoms with van der Waals surface area (Å²) in [7, 11) is 11.2. The number of hydrogen-bond donors (Lipinski definition) is 5. The molecule has 3 amide bonds. The van der Waals surface area contributed by atoms with Crippen molar-refractivity contribution >= 4 is 42.8 Å². The molecule has 2 aromatic heterocycles. The molecule has 0 atom stereocenters. The highest BCUT2D eigenvalue weighted by atomic mass is 19.1. The number of rotatable bonds is 9. The maximum atomic E-state index is 14.9. The van der Waals surface area contributed by atoms with E-state index >= 15 is 0 Å². The number of nitrogens with zero attached hydrogens (tertiary/aromatic N) is 4. The smallest absolute Gasteiger partial charge is 0.271 e. The first-order valence-electron chi connectivity index (χ1n) is 12.0. The third kappa shape index (κ3) is 6.38. The van der Waals surface area contributed by atoms with Crippen LogP contribution in [0, 0.1) is 11.7 Å². The Morgan fingerprint density at radius 3 is 2.48 bits per heavy atom. The van der Waals surface area contributed by atoms with Crippen LogP contribution in [0.15, 0.2) is 30.5 Å². The summed E-state index contributed by atoms with van der Waals surface area (Å²) in [5.74, 6) is -5.23. The molecular formula is C25H27BFN7O6. The molecule has 1 saturated carbocycles. The molecule has 1 aromatic carbocycles. The number of amides is 3.